The second-order valence-electron chi connectivity index (χ2n) is 4.31. The monoisotopic (exact) mass is 267 g/mol. The molecule has 1 unspecified atom stereocenters. The molecule has 0 saturated carbocycles. The summed E-state index contributed by atoms with van der Waals surface area (Å²) in [6.07, 6.45) is 1.98. The Morgan fingerprint density at radius 1 is 1.39 bits per heavy atom. The van der Waals surface area contributed by atoms with Gasteiger partial charge in [-0.3, -0.25) is 0 Å². The number of methoxy groups -OCH3 is 1. The van der Waals surface area contributed by atoms with Crippen LogP contribution in [0, 0.1) is 0 Å². The number of halogens is 1. The summed E-state index contributed by atoms with van der Waals surface area (Å²) in [5.41, 5.74) is 0.876. The lowest BCUT2D eigenvalue weighted by molar-refractivity contribution is 0.188. The first-order valence-corrected chi connectivity index (χ1v) is 6.47. The molecule has 98 valence electrons. The fraction of sp³-hybridized carbons (Fsp3) is 0.429. The molecule has 2 rings (SSSR count). The SMILES string of the molecule is CNC(CCCOC)c1cc2cc(Cl)ccc2o1. The lowest BCUT2D eigenvalue weighted by Crippen LogP contribution is -2.16. The Hall–Kier alpha value is -1.03. The molecule has 4 heteroatoms. The largest absolute Gasteiger partial charge is 0.459 e. The Kier molecular flexibility index (Phi) is 4.64. The molecule has 0 aliphatic heterocycles. The molecule has 18 heavy (non-hydrogen) atoms. The molecule has 1 atom stereocenters. The third kappa shape index (κ3) is 3.05. The summed E-state index contributed by atoms with van der Waals surface area (Å²) in [4.78, 5) is 0. The molecule has 0 amide bonds. The van der Waals surface area contributed by atoms with Crippen LogP contribution in [0.25, 0.3) is 11.0 Å². The molecule has 0 aliphatic rings. The van der Waals surface area contributed by atoms with Crippen LogP contribution in [0.15, 0.2) is 28.7 Å². The van der Waals surface area contributed by atoms with Crippen molar-refractivity contribution in [2.45, 2.75) is 18.9 Å². The van der Waals surface area contributed by atoms with Gasteiger partial charge in [-0.1, -0.05) is 11.6 Å². The Morgan fingerprint density at radius 3 is 2.94 bits per heavy atom. The van der Waals surface area contributed by atoms with E-state index in [-0.39, 0.29) is 6.04 Å². The first kappa shape index (κ1) is 13.4. The number of ether oxygens (including phenoxy) is 1. The summed E-state index contributed by atoms with van der Waals surface area (Å²) in [6, 6.07) is 7.94. The lowest BCUT2D eigenvalue weighted by atomic mass is 10.1. The van der Waals surface area contributed by atoms with Gasteiger partial charge in [0, 0.05) is 24.1 Å². The van der Waals surface area contributed by atoms with Crippen molar-refractivity contribution in [3.8, 4) is 0 Å². The predicted octanol–water partition coefficient (Wildman–Crippen LogP) is 3.77. The molecule has 1 aromatic heterocycles. The topological polar surface area (TPSA) is 34.4 Å². The van der Waals surface area contributed by atoms with Crippen LogP contribution in [-0.2, 0) is 4.74 Å². The van der Waals surface area contributed by atoms with Crippen LogP contribution in [0.4, 0.5) is 0 Å². The average molecular weight is 268 g/mol. The minimum absolute atomic E-state index is 0.214. The number of hydrogen-bond acceptors (Lipinski definition) is 3. The molecular formula is C14H18ClNO2. The fourth-order valence-corrected chi connectivity index (χ4v) is 2.25. The van der Waals surface area contributed by atoms with E-state index in [0.717, 1.165) is 41.2 Å². The third-order valence-electron chi connectivity index (χ3n) is 3.03. The number of nitrogens with one attached hydrogen (secondary N) is 1. The minimum Gasteiger partial charge on any atom is -0.459 e. The predicted molar refractivity (Wildman–Crippen MR) is 74.1 cm³/mol. The first-order chi connectivity index (χ1) is 8.74. The molecule has 1 N–H and O–H groups in total. The molecule has 0 fully saturated rings. The first-order valence-electron chi connectivity index (χ1n) is 6.10. The summed E-state index contributed by atoms with van der Waals surface area (Å²) >= 11 is 5.97. The number of furan rings is 1. The normalized spacial score (nSPS) is 13.1. The van der Waals surface area contributed by atoms with Crippen molar-refractivity contribution in [3.63, 3.8) is 0 Å². The van der Waals surface area contributed by atoms with Crippen LogP contribution in [0.1, 0.15) is 24.6 Å². The molecule has 0 aliphatic carbocycles. The van der Waals surface area contributed by atoms with Crippen molar-refractivity contribution in [3.05, 3.63) is 35.0 Å². The number of hydrogen-bond donors (Lipinski definition) is 1. The van der Waals surface area contributed by atoms with Crippen LogP contribution in [0.5, 0.6) is 0 Å². The highest BCUT2D eigenvalue weighted by Gasteiger charge is 2.14. The Morgan fingerprint density at radius 2 is 2.22 bits per heavy atom. The van der Waals surface area contributed by atoms with Crippen LogP contribution in [-0.4, -0.2) is 20.8 Å². The van der Waals surface area contributed by atoms with Crippen molar-refractivity contribution < 1.29 is 9.15 Å². The molecule has 1 aromatic carbocycles. The van der Waals surface area contributed by atoms with E-state index in [1.54, 1.807) is 7.11 Å². The van der Waals surface area contributed by atoms with Crippen molar-refractivity contribution in [2.24, 2.45) is 0 Å². The van der Waals surface area contributed by atoms with Gasteiger partial charge in [-0.2, -0.15) is 0 Å². The van der Waals surface area contributed by atoms with E-state index in [1.807, 2.05) is 25.2 Å². The molecule has 1 heterocycles. The third-order valence-corrected chi connectivity index (χ3v) is 3.27. The van der Waals surface area contributed by atoms with Crippen LogP contribution < -0.4 is 5.32 Å². The zero-order chi connectivity index (χ0) is 13.0. The highest BCUT2D eigenvalue weighted by Crippen LogP contribution is 2.28. The fourth-order valence-electron chi connectivity index (χ4n) is 2.07. The minimum atomic E-state index is 0.214. The van der Waals surface area contributed by atoms with E-state index < -0.39 is 0 Å². The van der Waals surface area contributed by atoms with Gasteiger partial charge in [0.15, 0.2) is 0 Å². The number of rotatable bonds is 6. The van der Waals surface area contributed by atoms with E-state index in [1.165, 1.54) is 0 Å². The zero-order valence-electron chi connectivity index (χ0n) is 10.7. The Balaban J connectivity index is 2.17. The van der Waals surface area contributed by atoms with Gasteiger partial charge in [0.1, 0.15) is 11.3 Å². The highest BCUT2D eigenvalue weighted by molar-refractivity contribution is 6.31. The van der Waals surface area contributed by atoms with Crippen molar-refractivity contribution in [1.82, 2.24) is 5.32 Å². The second-order valence-corrected chi connectivity index (χ2v) is 4.74. The second kappa shape index (κ2) is 6.23. The van der Waals surface area contributed by atoms with Gasteiger partial charge < -0.3 is 14.5 Å². The van der Waals surface area contributed by atoms with Crippen molar-refractivity contribution in [2.75, 3.05) is 20.8 Å². The number of benzene rings is 1. The molecule has 0 saturated heterocycles. The molecule has 0 bridgehead atoms. The zero-order valence-corrected chi connectivity index (χ0v) is 11.5. The maximum absolute atomic E-state index is 5.97. The van der Waals surface area contributed by atoms with Gasteiger partial charge in [-0.05, 0) is 44.2 Å². The van der Waals surface area contributed by atoms with Crippen LogP contribution in [0.2, 0.25) is 5.02 Å². The van der Waals surface area contributed by atoms with E-state index in [0.29, 0.717) is 0 Å². The molecule has 2 aromatic rings. The molecule has 0 radical (unpaired) electrons. The smallest absolute Gasteiger partial charge is 0.134 e. The summed E-state index contributed by atoms with van der Waals surface area (Å²) in [5, 5.41) is 5.05. The molecular weight excluding hydrogens is 250 g/mol. The maximum Gasteiger partial charge on any atom is 0.134 e. The van der Waals surface area contributed by atoms with Crippen molar-refractivity contribution >= 4 is 22.6 Å². The summed E-state index contributed by atoms with van der Waals surface area (Å²) in [5.74, 6) is 0.950. The van der Waals surface area contributed by atoms with Gasteiger partial charge in [0.25, 0.3) is 0 Å². The maximum atomic E-state index is 5.97. The van der Waals surface area contributed by atoms with Gasteiger partial charge in [0.2, 0.25) is 0 Å². The van der Waals surface area contributed by atoms with Gasteiger partial charge in [-0.25, -0.2) is 0 Å². The Labute approximate surface area is 112 Å². The van der Waals surface area contributed by atoms with Gasteiger partial charge in [0.05, 0.1) is 6.04 Å². The van der Waals surface area contributed by atoms with E-state index in [9.17, 15) is 0 Å². The summed E-state index contributed by atoms with van der Waals surface area (Å²) in [6.45, 7) is 0.768. The highest BCUT2D eigenvalue weighted by atomic mass is 35.5. The van der Waals surface area contributed by atoms with Crippen LogP contribution >= 0.6 is 11.6 Å². The van der Waals surface area contributed by atoms with Crippen molar-refractivity contribution in [1.29, 1.82) is 0 Å². The molecule has 3 nitrogen and oxygen atoms in total. The van der Waals surface area contributed by atoms with E-state index in [4.69, 9.17) is 20.8 Å². The van der Waals surface area contributed by atoms with Gasteiger partial charge in [-0.15, -0.1) is 0 Å². The summed E-state index contributed by atoms with van der Waals surface area (Å²) < 4.78 is 10.9. The standard InChI is InChI=1S/C14H18ClNO2/c1-16-12(4-3-7-17-2)14-9-10-8-11(15)5-6-13(10)18-14/h5-6,8-9,12,16H,3-4,7H2,1-2H3. The molecule has 0 spiro atoms. The quantitative estimate of drug-likeness (QED) is 0.809. The van der Waals surface area contributed by atoms with E-state index >= 15 is 0 Å². The van der Waals surface area contributed by atoms with Gasteiger partial charge >= 0.3 is 0 Å². The lowest BCUT2D eigenvalue weighted by Gasteiger charge is -2.12. The average Bonchev–Trinajstić information content (AvgIpc) is 2.77. The number of fused-ring (bicyclic) bond motifs is 1. The van der Waals surface area contributed by atoms with Crippen LogP contribution in [0.3, 0.4) is 0 Å². The summed E-state index contributed by atoms with van der Waals surface area (Å²) in [7, 11) is 3.66. The Bertz CT molecular complexity index is 509. The van der Waals surface area contributed by atoms with E-state index in [2.05, 4.69) is 11.4 Å².